The monoisotopic (exact) mass is 584 g/mol. The standard InChI is InChI=1S/C31H36N4O3.2ClH/c1-31(2,3)33-29(36)26-9-11-27(12-10-26)38-22-6-18-34(23-24-13-16-32-17-14-24)20-21-35-19-15-25-7-4-5-8-28(25)30(35)37;;/h4-5,7-17,19H,6,18,20-23H2,1-3H3,(H,33,36);2*1H. The first-order chi connectivity index (χ1) is 18.3. The lowest BCUT2D eigenvalue weighted by Crippen LogP contribution is -2.40. The minimum Gasteiger partial charge on any atom is -0.494 e. The summed E-state index contributed by atoms with van der Waals surface area (Å²) in [6.07, 6.45) is 6.31. The number of benzene rings is 2. The normalized spacial score (nSPS) is 11.0. The highest BCUT2D eigenvalue weighted by Gasteiger charge is 2.15. The number of ether oxygens (including phenoxy) is 1. The van der Waals surface area contributed by atoms with Crippen LogP contribution in [-0.4, -0.2) is 45.6 Å². The number of halogens is 2. The lowest BCUT2D eigenvalue weighted by atomic mass is 10.1. The number of amides is 1. The first-order valence-electron chi connectivity index (χ1n) is 13.0. The van der Waals surface area contributed by atoms with Crippen molar-refractivity contribution >= 4 is 41.5 Å². The van der Waals surface area contributed by atoms with Crippen LogP contribution in [0.5, 0.6) is 5.75 Å². The van der Waals surface area contributed by atoms with Crippen LogP contribution in [0.1, 0.15) is 43.1 Å². The van der Waals surface area contributed by atoms with Crippen LogP contribution in [0, 0.1) is 0 Å². The molecular weight excluding hydrogens is 547 g/mol. The van der Waals surface area contributed by atoms with E-state index >= 15 is 0 Å². The molecule has 0 radical (unpaired) electrons. The molecule has 1 N–H and O–H groups in total. The smallest absolute Gasteiger partial charge is 0.258 e. The summed E-state index contributed by atoms with van der Waals surface area (Å²) in [6, 6.07) is 21.0. The van der Waals surface area contributed by atoms with Gasteiger partial charge in [0.1, 0.15) is 5.75 Å². The van der Waals surface area contributed by atoms with Crippen LogP contribution in [0.3, 0.4) is 0 Å². The predicted octanol–water partition coefficient (Wildman–Crippen LogP) is 5.74. The Hall–Kier alpha value is -3.39. The van der Waals surface area contributed by atoms with Gasteiger partial charge in [0.15, 0.2) is 0 Å². The van der Waals surface area contributed by atoms with Crippen molar-refractivity contribution in [2.75, 3.05) is 19.7 Å². The van der Waals surface area contributed by atoms with Crippen LogP contribution in [0.2, 0.25) is 0 Å². The number of pyridine rings is 2. The van der Waals surface area contributed by atoms with Crippen LogP contribution < -0.4 is 15.6 Å². The van der Waals surface area contributed by atoms with E-state index in [0.717, 1.165) is 42.6 Å². The van der Waals surface area contributed by atoms with E-state index in [1.165, 1.54) is 5.56 Å². The second-order valence-electron chi connectivity index (χ2n) is 10.5. The van der Waals surface area contributed by atoms with Crippen molar-refractivity contribution in [1.29, 1.82) is 0 Å². The molecule has 2 heterocycles. The quantitative estimate of drug-likeness (QED) is 0.227. The molecule has 40 heavy (non-hydrogen) atoms. The Balaban J connectivity index is 0.00000280. The Morgan fingerprint density at radius 3 is 2.35 bits per heavy atom. The second-order valence-corrected chi connectivity index (χ2v) is 10.5. The maximum absolute atomic E-state index is 12.9. The van der Waals surface area contributed by atoms with E-state index in [0.29, 0.717) is 18.7 Å². The van der Waals surface area contributed by atoms with Gasteiger partial charge in [-0.15, -0.1) is 24.8 Å². The van der Waals surface area contributed by atoms with Gasteiger partial charge in [-0.25, -0.2) is 0 Å². The van der Waals surface area contributed by atoms with Gasteiger partial charge >= 0.3 is 0 Å². The number of aromatic nitrogens is 2. The number of hydrogen-bond acceptors (Lipinski definition) is 5. The van der Waals surface area contributed by atoms with Gasteiger partial charge in [0.25, 0.3) is 11.5 Å². The molecule has 7 nitrogen and oxygen atoms in total. The number of fused-ring (bicyclic) bond motifs is 1. The maximum Gasteiger partial charge on any atom is 0.258 e. The molecule has 0 saturated heterocycles. The summed E-state index contributed by atoms with van der Waals surface area (Å²) < 4.78 is 7.74. The summed E-state index contributed by atoms with van der Waals surface area (Å²) in [5.41, 5.74) is 1.54. The van der Waals surface area contributed by atoms with Crippen LogP contribution >= 0.6 is 24.8 Å². The minimum absolute atomic E-state index is 0. The molecule has 0 atom stereocenters. The zero-order valence-electron chi connectivity index (χ0n) is 23.2. The van der Waals surface area contributed by atoms with Gasteiger partial charge in [-0.2, -0.15) is 0 Å². The molecule has 1 amide bonds. The maximum atomic E-state index is 12.9. The van der Waals surface area contributed by atoms with Crippen LogP contribution in [0.25, 0.3) is 10.8 Å². The Labute approximate surface area is 248 Å². The molecule has 0 unspecified atom stereocenters. The average Bonchev–Trinajstić information content (AvgIpc) is 2.90. The fourth-order valence-corrected chi connectivity index (χ4v) is 4.26. The third kappa shape index (κ3) is 9.66. The molecule has 0 spiro atoms. The number of rotatable bonds is 11. The number of nitrogens with zero attached hydrogens (tertiary/aromatic N) is 3. The van der Waals surface area contributed by atoms with Crippen molar-refractivity contribution in [3.8, 4) is 5.75 Å². The second kappa shape index (κ2) is 15.4. The first kappa shape index (κ1) is 32.8. The van der Waals surface area contributed by atoms with Crippen molar-refractivity contribution in [2.24, 2.45) is 0 Å². The molecule has 0 aliphatic heterocycles. The molecule has 0 aliphatic carbocycles. The molecular formula is C31H38Cl2N4O3. The predicted molar refractivity (Wildman–Crippen MR) is 166 cm³/mol. The van der Waals surface area contributed by atoms with Gasteiger partial charge in [0.2, 0.25) is 0 Å². The van der Waals surface area contributed by atoms with Crippen molar-refractivity contribution in [2.45, 2.75) is 45.8 Å². The van der Waals surface area contributed by atoms with Crippen LogP contribution in [0.4, 0.5) is 0 Å². The van der Waals surface area contributed by atoms with Gasteiger partial charge in [-0.05, 0) is 86.7 Å². The third-order valence-electron chi connectivity index (χ3n) is 6.19. The van der Waals surface area contributed by atoms with Crippen molar-refractivity contribution in [1.82, 2.24) is 19.8 Å². The summed E-state index contributed by atoms with van der Waals surface area (Å²) in [6.45, 7) is 9.35. The SMILES string of the molecule is CC(C)(C)NC(=O)c1ccc(OCCCN(CCn2ccc3ccccc3c2=O)Cc2ccncc2)cc1.Cl.Cl. The van der Waals surface area contributed by atoms with E-state index in [2.05, 4.69) is 15.2 Å². The Kier molecular flexibility index (Phi) is 12.6. The molecule has 214 valence electrons. The lowest BCUT2D eigenvalue weighted by molar-refractivity contribution is 0.0919. The Morgan fingerprint density at radius 2 is 1.65 bits per heavy atom. The lowest BCUT2D eigenvalue weighted by Gasteiger charge is -2.23. The average molecular weight is 586 g/mol. The third-order valence-corrected chi connectivity index (χ3v) is 6.19. The Bertz CT molecular complexity index is 1400. The molecule has 0 fully saturated rings. The molecule has 2 aromatic heterocycles. The van der Waals surface area contributed by atoms with E-state index in [1.54, 1.807) is 29.1 Å². The summed E-state index contributed by atoms with van der Waals surface area (Å²) >= 11 is 0. The van der Waals surface area contributed by atoms with Crippen LogP contribution in [0.15, 0.2) is 90.1 Å². The molecule has 0 aliphatic rings. The summed E-state index contributed by atoms with van der Waals surface area (Å²) in [7, 11) is 0. The zero-order chi connectivity index (χ0) is 27.0. The number of hydrogen-bond donors (Lipinski definition) is 1. The molecule has 4 rings (SSSR count). The first-order valence-corrected chi connectivity index (χ1v) is 13.0. The number of carbonyl (C=O) groups excluding carboxylic acids is 1. The zero-order valence-corrected chi connectivity index (χ0v) is 24.8. The van der Waals surface area contributed by atoms with E-state index in [4.69, 9.17) is 4.74 Å². The highest BCUT2D eigenvalue weighted by Crippen LogP contribution is 2.14. The van der Waals surface area contributed by atoms with Crippen molar-refractivity contribution in [3.05, 3.63) is 107 Å². The molecule has 0 saturated carbocycles. The van der Waals surface area contributed by atoms with Gasteiger partial charge < -0.3 is 14.6 Å². The van der Waals surface area contributed by atoms with E-state index in [9.17, 15) is 9.59 Å². The minimum atomic E-state index is -0.281. The van der Waals surface area contributed by atoms with E-state index < -0.39 is 0 Å². The van der Waals surface area contributed by atoms with Crippen molar-refractivity contribution in [3.63, 3.8) is 0 Å². The summed E-state index contributed by atoms with van der Waals surface area (Å²) in [5.74, 6) is 0.641. The van der Waals surface area contributed by atoms with Crippen LogP contribution in [-0.2, 0) is 13.1 Å². The molecule has 4 aromatic rings. The molecule has 2 aromatic carbocycles. The highest BCUT2D eigenvalue weighted by molar-refractivity contribution is 5.94. The number of nitrogens with one attached hydrogen (secondary N) is 1. The largest absolute Gasteiger partial charge is 0.494 e. The molecule has 0 bridgehead atoms. The van der Waals surface area contributed by atoms with Gasteiger partial charge in [0, 0.05) is 61.3 Å². The fourth-order valence-electron chi connectivity index (χ4n) is 4.26. The van der Waals surface area contributed by atoms with E-state index in [1.807, 2.05) is 81.6 Å². The van der Waals surface area contributed by atoms with E-state index in [-0.39, 0.29) is 41.8 Å². The topological polar surface area (TPSA) is 76.5 Å². The molecule has 9 heteroatoms. The highest BCUT2D eigenvalue weighted by atomic mass is 35.5. The summed E-state index contributed by atoms with van der Waals surface area (Å²) in [5, 5.41) is 4.67. The van der Waals surface area contributed by atoms with Crippen molar-refractivity contribution < 1.29 is 9.53 Å². The fraction of sp³-hybridized carbons (Fsp3) is 0.323. The summed E-state index contributed by atoms with van der Waals surface area (Å²) in [4.78, 5) is 31.7. The number of carbonyl (C=O) groups is 1. The van der Waals surface area contributed by atoms with Gasteiger partial charge in [-0.3, -0.25) is 19.5 Å². The van der Waals surface area contributed by atoms with Gasteiger partial charge in [-0.1, -0.05) is 18.2 Å². The Morgan fingerprint density at radius 1 is 0.950 bits per heavy atom. The van der Waals surface area contributed by atoms with Gasteiger partial charge in [0.05, 0.1) is 6.61 Å².